The predicted octanol–water partition coefficient (Wildman–Crippen LogP) is 3.02. The van der Waals surface area contributed by atoms with Gasteiger partial charge >= 0.3 is 0 Å². The Bertz CT molecular complexity index is 631. The normalized spacial score (nSPS) is 10.4. The van der Waals surface area contributed by atoms with Crippen molar-refractivity contribution in [3.05, 3.63) is 59.3 Å². The maximum atomic E-state index is 8.93. The van der Waals surface area contributed by atoms with Gasteiger partial charge in [0.15, 0.2) is 0 Å². The van der Waals surface area contributed by atoms with Crippen LogP contribution in [0.1, 0.15) is 23.6 Å². The zero-order valence-electron chi connectivity index (χ0n) is 12.5. The molecule has 0 aliphatic carbocycles. The van der Waals surface area contributed by atoms with E-state index in [4.69, 9.17) is 5.26 Å². The first-order valence-corrected chi connectivity index (χ1v) is 7.07. The molecule has 2 aromatic rings. The first kappa shape index (κ1) is 15.0. The van der Waals surface area contributed by atoms with E-state index in [1.807, 2.05) is 36.5 Å². The second-order valence-corrected chi connectivity index (χ2v) is 5.06. The van der Waals surface area contributed by atoms with Gasteiger partial charge in [-0.15, -0.1) is 0 Å². The summed E-state index contributed by atoms with van der Waals surface area (Å²) in [6.07, 6.45) is 1.83. The number of benzene rings is 1. The van der Waals surface area contributed by atoms with E-state index in [0.29, 0.717) is 5.56 Å². The van der Waals surface area contributed by atoms with Gasteiger partial charge in [0.05, 0.1) is 11.6 Å². The number of nitrogens with zero attached hydrogens (tertiary/aromatic N) is 3. The van der Waals surface area contributed by atoms with Crippen molar-refractivity contribution in [3.8, 4) is 6.07 Å². The molecular formula is C17H20N4. The highest BCUT2D eigenvalue weighted by Gasteiger charge is 2.04. The predicted molar refractivity (Wildman–Crippen MR) is 84.7 cm³/mol. The smallest absolute Gasteiger partial charge is 0.126 e. The Morgan fingerprint density at radius 1 is 1.19 bits per heavy atom. The number of nitrogens with one attached hydrogen (secondary N) is 1. The minimum absolute atomic E-state index is 0.708. The Hall–Kier alpha value is -2.38. The van der Waals surface area contributed by atoms with Crippen LogP contribution in [-0.2, 0) is 13.1 Å². The van der Waals surface area contributed by atoms with Crippen LogP contribution in [0.25, 0.3) is 0 Å². The summed E-state index contributed by atoms with van der Waals surface area (Å²) >= 11 is 0. The highest BCUT2D eigenvalue weighted by atomic mass is 15.1. The molecule has 108 valence electrons. The largest absolute Gasteiger partial charge is 0.370 e. The van der Waals surface area contributed by atoms with Crippen molar-refractivity contribution in [2.24, 2.45) is 0 Å². The molecule has 0 spiro atoms. The molecule has 1 aromatic carbocycles. The van der Waals surface area contributed by atoms with Crippen molar-refractivity contribution in [2.45, 2.75) is 20.0 Å². The molecule has 21 heavy (non-hydrogen) atoms. The van der Waals surface area contributed by atoms with Crippen LogP contribution in [0, 0.1) is 11.3 Å². The zero-order valence-corrected chi connectivity index (χ0v) is 12.5. The summed E-state index contributed by atoms with van der Waals surface area (Å²) in [7, 11) is 2.08. The number of rotatable bonds is 6. The molecule has 0 aliphatic heterocycles. The van der Waals surface area contributed by atoms with E-state index in [0.717, 1.165) is 31.0 Å². The van der Waals surface area contributed by atoms with E-state index < -0.39 is 0 Å². The van der Waals surface area contributed by atoms with Crippen molar-refractivity contribution in [1.29, 1.82) is 5.26 Å². The molecule has 0 aliphatic rings. The third kappa shape index (κ3) is 4.59. The highest BCUT2D eigenvalue weighted by molar-refractivity contribution is 5.37. The van der Waals surface area contributed by atoms with Gasteiger partial charge in [-0.05, 0) is 49.4 Å². The van der Waals surface area contributed by atoms with Crippen molar-refractivity contribution < 1.29 is 0 Å². The average molecular weight is 280 g/mol. The van der Waals surface area contributed by atoms with Gasteiger partial charge in [0.25, 0.3) is 0 Å². The van der Waals surface area contributed by atoms with E-state index in [2.05, 4.69) is 41.3 Å². The van der Waals surface area contributed by atoms with E-state index in [1.165, 1.54) is 5.56 Å². The molecule has 0 fully saturated rings. The van der Waals surface area contributed by atoms with Crippen LogP contribution in [-0.4, -0.2) is 23.5 Å². The molecule has 0 saturated carbocycles. The topological polar surface area (TPSA) is 52.0 Å². The monoisotopic (exact) mass is 280 g/mol. The molecule has 0 bridgehead atoms. The van der Waals surface area contributed by atoms with Crippen LogP contribution < -0.4 is 5.32 Å². The summed E-state index contributed by atoms with van der Waals surface area (Å²) in [5, 5.41) is 12.2. The number of aromatic nitrogens is 1. The van der Waals surface area contributed by atoms with Gasteiger partial charge in [0.1, 0.15) is 5.82 Å². The lowest BCUT2D eigenvalue weighted by atomic mass is 10.1. The zero-order chi connectivity index (χ0) is 15.1. The SMILES string of the molecule is CCNc1cc(CN(C)Cc2cccc(C#N)c2)ccn1. The Balaban J connectivity index is 1.99. The first-order valence-electron chi connectivity index (χ1n) is 7.07. The van der Waals surface area contributed by atoms with E-state index in [1.54, 1.807) is 0 Å². The van der Waals surface area contributed by atoms with Gasteiger partial charge in [-0.3, -0.25) is 4.90 Å². The third-order valence-electron chi connectivity index (χ3n) is 3.14. The highest BCUT2D eigenvalue weighted by Crippen LogP contribution is 2.12. The number of anilines is 1. The molecule has 2 rings (SSSR count). The molecule has 1 aromatic heterocycles. The quantitative estimate of drug-likeness (QED) is 0.883. The number of hydrogen-bond acceptors (Lipinski definition) is 4. The number of pyridine rings is 1. The number of nitriles is 1. The van der Waals surface area contributed by atoms with Gasteiger partial charge in [0.2, 0.25) is 0 Å². The van der Waals surface area contributed by atoms with Crippen molar-refractivity contribution >= 4 is 5.82 Å². The summed E-state index contributed by atoms with van der Waals surface area (Å²) in [4.78, 5) is 6.50. The lowest BCUT2D eigenvalue weighted by Gasteiger charge is -2.17. The molecule has 0 atom stereocenters. The minimum atomic E-state index is 0.708. The lowest BCUT2D eigenvalue weighted by molar-refractivity contribution is 0.319. The third-order valence-corrected chi connectivity index (χ3v) is 3.14. The number of hydrogen-bond donors (Lipinski definition) is 1. The molecule has 0 amide bonds. The van der Waals surface area contributed by atoms with Gasteiger partial charge in [-0.25, -0.2) is 4.98 Å². The molecule has 0 radical (unpaired) electrons. The maximum Gasteiger partial charge on any atom is 0.126 e. The second kappa shape index (κ2) is 7.41. The molecule has 1 N–H and O–H groups in total. The van der Waals surface area contributed by atoms with Crippen molar-refractivity contribution in [2.75, 3.05) is 18.9 Å². The molecule has 0 unspecified atom stereocenters. The standard InChI is InChI=1S/C17H20N4/c1-3-19-17-10-16(7-8-20-17)13-21(2)12-15-6-4-5-14(9-15)11-18/h4-10H,3,12-13H2,1-2H3,(H,19,20). The van der Waals surface area contributed by atoms with Crippen LogP contribution in [0.4, 0.5) is 5.82 Å². The van der Waals surface area contributed by atoms with Crippen LogP contribution in [0.5, 0.6) is 0 Å². The minimum Gasteiger partial charge on any atom is -0.370 e. The fraction of sp³-hybridized carbons (Fsp3) is 0.294. The van der Waals surface area contributed by atoms with Gasteiger partial charge in [-0.1, -0.05) is 12.1 Å². The van der Waals surface area contributed by atoms with Crippen LogP contribution >= 0.6 is 0 Å². The summed E-state index contributed by atoms with van der Waals surface area (Å²) in [6.45, 7) is 4.59. The van der Waals surface area contributed by atoms with Gasteiger partial charge in [0, 0.05) is 25.8 Å². The Morgan fingerprint density at radius 2 is 1.95 bits per heavy atom. The van der Waals surface area contributed by atoms with E-state index in [-0.39, 0.29) is 0 Å². The van der Waals surface area contributed by atoms with E-state index >= 15 is 0 Å². The summed E-state index contributed by atoms with van der Waals surface area (Å²) in [5.41, 5.74) is 3.08. The van der Waals surface area contributed by atoms with Crippen LogP contribution in [0.2, 0.25) is 0 Å². The lowest BCUT2D eigenvalue weighted by Crippen LogP contribution is -2.17. The Kier molecular flexibility index (Phi) is 5.30. The molecular weight excluding hydrogens is 260 g/mol. The fourth-order valence-corrected chi connectivity index (χ4v) is 2.27. The molecule has 4 heteroatoms. The summed E-state index contributed by atoms with van der Waals surface area (Å²) in [6, 6.07) is 14.0. The Morgan fingerprint density at radius 3 is 2.67 bits per heavy atom. The van der Waals surface area contributed by atoms with Crippen molar-refractivity contribution in [3.63, 3.8) is 0 Å². The maximum absolute atomic E-state index is 8.93. The first-order chi connectivity index (χ1) is 10.2. The van der Waals surface area contributed by atoms with Crippen molar-refractivity contribution in [1.82, 2.24) is 9.88 Å². The van der Waals surface area contributed by atoms with Gasteiger partial charge < -0.3 is 5.32 Å². The second-order valence-electron chi connectivity index (χ2n) is 5.06. The summed E-state index contributed by atoms with van der Waals surface area (Å²) < 4.78 is 0. The molecule has 1 heterocycles. The van der Waals surface area contributed by atoms with Gasteiger partial charge in [-0.2, -0.15) is 5.26 Å². The molecule has 4 nitrogen and oxygen atoms in total. The average Bonchev–Trinajstić information content (AvgIpc) is 2.48. The van der Waals surface area contributed by atoms with E-state index in [9.17, 15) is 0 Å². The Labute approximate surface area is 126 Å². The van der Waals surface area contributed by atoms with Crippen LogP contribution in [0.15, 0.2) is 42.6 Å². The molecule has 0 saturated heterocycles. The fourth-order valence-electron chi connectivity index (χ4n) is 2.27. The summed E-state index contributed by atoms with van der Waals surface area (Å²) in [5.74, 6) is 0.912. The van der Waals surface area contributed by atoms with Crippen LogP contribution in [0.3, 0.4) is 0 Å².